The van der Waals surface area contributed by atoms with E-state index in [0.717, 1.165) is 160 Å². The molecule has 22 rings (SSSR count). The van der Waals surface area contributed by atoms with E-state index in [2.05, 4.69) is 125 Å². The third-order valence-corrected chi connectivity index (χ3v) is 28.7. The zero-order valence-corrected chi connectivity index (χ0v) is 80.0. The van der Waals surface area contributed by atoms with Crippen LogP contribution >= 0.6 is 79.6 Å². The topological polar surface area (TPSA) is 511 Å². The molecule has 138 heavy (non-hydrogen) atoms. The molecule has 0 radical (unpaired) electrons. The Labute approximate surface area is 815 Å². The number of anilines is 12. The van der Waals surface area contributed by atoms with Gasteiger partial charge in [-0.1, -0.05) is 11.6 Å². The molecular formula is C96H87ClN24O11S6. The summed E-state index contributed by atoms with van der Waals surface area (Å²) in [6.45, 7) is 12.5. The van der Waals surface area contributed by atoms with Gasteiger partial charge in [0, 0.05) is 52.0 Å². The number of nitrogens with one attached hydrogen (secondary N) is 7. The summed E-state index contributed by atoms with van der Waals surface area (Å²) in [7, 11) is 0. The number of fused-ring (bicyclic) bond motifs is 7. The van der Waals surface area contributed by atoms with Gasteiger partial charge in [-0.25, -0.2) is 64.6 Å². The highest BCUT2D eigenvalue weighted by Crippen LogP contribution is 2.42. The van der Waals surface area contributed by atoms with Gasteiger partial charge in [0.05, 0.1) is 139 Å². The summed E-state index contributed by atoms with van der Waals surface area (Å²) in [6.07, 6.45) is 17.1. The molecule has 19 aromatic rings. The summed E-state index contributed by atoms with van der Waals surface area (Å²) in [5.41, 5.74) is 40.1. The van der Waals surface area contributed by atoms with Crippen LogP contribution < -0.4 is 69.0 Å². The number of carbonyl (C=O) groups excluding carboxylic acids is 4. The molecule has 42 heteroatoms. The Balaban J connectivity index is 0.000000115. The molecule has 3 fully saturated rings. The van der Waals surface area contributed by atoms with Crippen LogP contribution in [-0.4, -0.2) is 149 Å². The molecule has 1 saturated carbocycles. The van der Waals surface area contributed by atoms with Gasteiger partial charge in [0.15, 0.2) is 34.9 Å². The summed E-state index contributed by atoms with van der Waals surface area (Å²) in [4.78, 5) is 108. The summed E-state index contributed by atoms with van der Waals surface area (Å²) in [5, 5.41) is 49.6. The molecule has 13 aromatic heterocycles. The lowest BCUT2D eigenvalue weighted by Crippen LogP contribution is -2.17. The van der Waals surface area contributed by atoms with Crippen LogP contribution in [0.3, 0.4) is 0 Å². The van der Waals surface area contributed by atoms with Crippen molar-refractivity contribution in [1.29, 1.82) is 0 Å². The molecule has 2 saturated heterocycles. The summed E-state index contributed by atoms with van der Waals surface area (Å²) in [5.74, 6) is 3.12. The quantitative estimate of drug-likeness (QED) is 0.0283. The predicted molar refractivity (Wildman–Crippen MR) is 545 cm³/mol. The minimum atomic E-state index is -0.998. The van der Waals surface area contributed by atoms with Gasteiger partial charge in [-0.2, -0.15) is 5.10 Å². The zero-order valence-electron chi connectivity index (χ0n) is 74.3. The average molecular weight is 1980 g/mol. The van der Waals surface area contributed by atoms with Crippen molar-refractivity contribution in [3.63, 3.8) is 0 Å². The molecule has 700 valence electrons. The van der Waals surface area contributed by atoms with Crippen LogP contribution in [0.5, 0.6) is 17.2 Å². The van der Waals surface area contributed by atoms with E-state index in [9.17, 15) is 29.1 Å². The lowest BCUT2D eigenvalue weighted by atomic mass is 10.1. The fourth-order valence-electron chi connectivity index (χ4n) is 14.9. The summed E-state index contributed by atoms with van der Waals surface area (Å²) in [6, 6.07) is 35.0. The number of rotatable bonds is 23. The van der Waals surface area contributed by atoms with E-state index in [1.165, 1.54) is 43.5 Å². The molecule has 6 aromatic carbocycles. The highest BCUT2D eigenvalue weighted by Gasteiger charge is 2.26. The van der Waals surface area contributed by atoms with Gasteiger partial charge >= 0.3 is 5.97 Å². The zero-order chi connectivity index (χ0) is 96.0. The molecule has 2 unspecified atom stereocenters. The fraction of sp³-hybridized carbons (Fsp3) is 0.188. The van der Waals surface area contributed by atoms with E-state index in [4.69, 9.17) is 58.2 Å². The van der Waals surface area contributed by atoms with Crippen molar-refractivity contribution in [2.75, 3.05) is 58.3 Å². The van der Waals surface area contributed by atoms with Gasteiger partial charge in [0.1, 0.15) is 67.4 Å². The van der Waals surface area contributed by atoms with Crippen molar-refractivity contribution in [1.82, 2.24) is 70.0 Å². The number of carboxylic acids is 1. The molecule has 2 aliphatic heterocycles. The smallest absolute Gasteiger partial charge is 0.335 e. The molecule has 3 aliphatic rings. The molecular weight excluding hydrogens is 1890 g/mol. The van der Waals surface area contributed by atoms with Crippen LogP contribution in [0.25, 0.3) is 72.2 Å². The van der Waals surface area contributed by atoms with Crippen molar-refractivity contribution in [3.05, 3.63) is 258 Å². The maximum absolute atomic E-state index is 11.6. The van der Waals surface area contributed by atoms with Crippen molar-refractivity contribution in [2.24, 2.45) is 22.9 Å². The number of aromatic amines is 1. The lowest BCUT2D eigenvalue weighted by molar-refractivity contribution is 0.0694. The normalized spacial score (nSPS) is 13.8. The minimum Gasteiger partial charge on any atom is -0.488 e. The summed E-state index contributed by atoms with van der Waals surface area (Å²) < 4.78 is 34.9. The van der Waals surface area contributed by atoms with Crippen molar-refractivity contribution in [2.45, 2.75) is 91.5 Å². The lowest BCUT2D eigenvalue weighted by Gasteiger charge is -2.18. The standard InChI is InChI=1S/C19H20N4O2S.C18H17N3O4S.C17H16N4O3S.C14H11ClN4OS.C14H11N5S.C14H12N4OS/c1-11-9-26-17-16(11)21-10-22-19(17)23-14-7-6-12(18(20)24)8-15(14)25-13-4-2-3-5-13;1-10-8-26-16-15(10)19-9-20-17(16)21-13-3-2-11(18(22)23)6-14(13)25-12-4-5-24-7-12;18-16(22)10-1-2-12(14(7-10)24-11-3-5-23-8-11)21-17-15-13(4-6-25-15)19-9-20-17;1-7-5-21-12-11(7)17-6-18-14(12)19-8-2-3-9(13(16)20)10(15)4-8;1-8-6-20-13-12(8)15-7-16-14(13)18-10-2-3-11-9(4-10)5-17-19-11;1-8-6-20-12-11(8)16-7-17-14(12)18-10-4-2-9(3-5-10)13(15)19/h6-10,13H,2-5H2,1H3,(H2,20,24)(H,21,22,23);2-3,6,8-9,12H,4-5,7H2,1H3,(H,22,23)(H,19,20,21);1-2,4,6-7,9,11H,3,5,8H2,(H2,18,22)(H,19,20,21);2-6H,1H3,(H2,16,20)(H,17,18,19);2-7H,1H3,(H,17,19)(H,15,16,18);2-7H,1H3,(H2,15,19)(H,16,17,18). The Morgan fingerprint density at radius 1 is 0.391 bits per heavy atom. The highest BCUT2D eigenvalue weighted by atomic mass is 35.5. The Morgan fingerprint density at radius 2 is 0.761 bits per heavy atom. The van der Waals surface area contributed by atoms with E-state index in [-0.39, 0.29) is 23.9 Å². The third kappa shape index (κ3) is 22.5. The van der Waals surface area contributed by atoms with Crippen LogP contribution in [0.15, 0.2) is 198 Å². The molecule has 35 nitrogen and oxygen atoms in total. The number of halogens is 1. The number of primary amides is 4. The van der Waals surface area contributed by atoms with Gasteiger partial charge < -0.3 is 83.6 Å². The first kappa shape index (κ1) is 94.6. The number of aromatic nitrogens is 14. The third-order valence-electron chi connectivity index (χ3n) is 22.0. The Bertz CT molecular complexity index is 7550. The van der Waals surface area contributed by atoms with Crippen LogP contribution in [0.1, 0.15) is 118 Å². The van der Waals surface area contributed by atoms with E-state index in [1.54, 1.807) is 172 Å². The highest BCUT2D eigenvalue weighted by molar-refractivity contribution is 7.19. The number of carbonyl (C=O) groups is 5. The SMILES string of the molecule is Cc1csc2c(Nc3ccc(C(=O)O)cc3OC3CCOC3)ncnc12.Cc1csc2c(Nc3ccc(C(N)=O)c(Cl)c3)ncnc12.Cc1csc2c(Nc3ccc(C(N)=O)cc3)ncnc12.Cc1csc2c(Nc3ccc(C(N)=O)cc3OC3CCCC3)ncnc12.Cc1csc2c(Nc3ccc4[nH]ncc4c3)ncnc12.NC(=O)c1ccc(Nc2ncnc3ccsc23)c(OC2CCOC2)c1. The second kappa shape index (κ2) is 43.2. The second-order valence-electron chi connectivity index (χ2n) is 31.8. The largest absolute Gasteiger partial charge is 0.488 e. The molecule has 4 amide bonds. The number of thiophene rings is 6. The van der Waals surface area contributed by atoms with Gasteiger partial charge in [0.25, 0.3) is 0 Å². The first-order valence-electron chi connectivity index (χ1n) is 43.0. The number of hydrogen-bond donors (Lipinski definition) is 12. The Hall–Kier alpha value is -15.2. The van der Waals surface area contributed by atoms with Crippen LogP contribution in [-0.2, 0) is 9.47 Å². The Kier molecular flexibility index (Phi) is 29.6. The predicted octanol–water partition coefficient (Wildman–Crippen LogP) is 20.4. The van der Waals surface area contributed by atoms with Gasteiger partial charge in [-0.15, -0.1) is 68.0 Å². The number of aromatic carboxylic acids is 1. The minimum absolute atomic E-state index is 0.0455. The summed E-state index contributed by atoms with van der Waals surface area (Å²) >= 11 is 15.6. The number of aryl methyl sites for hydroxylation is 5. The number of benzene rings is 6. The molecule has 15 heterocycles. The molecule has 0 bridgehead atoms. The number of ether oxygens (including phenoxy) is 5. The van der Waals surface area contributed by atoms with E-state index in [1.807, 2.05) is 80.4 Å². The monoisotopic (exact) mass is 1980 g/mol. The number of hydrogen-bond acceptors (Lipinski definition) is 35. The fourth-order valence-corrected chi connectivity index (χ4v) is 20.7. The molecule has 1 aliphatic carbocycles. The number of carboxylic acid groups (broad SMARTS) is 1. The number of H-pyrrole nitrogens is 1. The van der Waals surface area contributed by atoms with E-state index < -0.39 is 29.6 Å². The molecule has 16 N–H and O–H groups in total. The van der Waals surface area contributed by atoms with Crippen LogP contribution in [0, 0.1) is 34.6 Å². The molecule has 0 spiro atoms. The number of amides is 4. The van der Waals surface area contributed by atoms with Crippen LogP contribution in [0.2, 0.25) is 5.02 Å². The van der Waals surface area contributed by atoms with Crippen LogP contribution in [0.4, 0.5) is 69.0 Å². The molecule has 2 atom stereocenters. The van der Waals surface area contributed by atoms with E-state index in [0.29, 0.717) is 99.8 Å². The first-order chi connectivity index (χ1) is 66.9. The average Bonchev–Trinajstić information content (AvgIpc) is 1.66. The number of nitrogens with two attached hydrogens (primary N) is 4. The van der Waals surface area contributed by atoms with Gasteiger partial charge in [-0.05, 0) is 242 Å². The van der Waals surface area contributed by atoms with Gasteiger partial charge in [-0.3, -0.25) is 24.3 Å². The maximum Gasteiger partial charge on any atom is 0.335 e. The Morgan fingerprint density at radius 3 is 1.17 bits per heavy atom. The van der Waals surface area contributed by atoms with Crippen molar-refractivity contribution >= 4 is 250 Å². The second-order valence-corrected chi connectivity index (χ2v) is 37.5. The van der Waals surface area contributed by atoms with Gasteiger partial charge in [0.2, 0.25) is 23.6 Å². The first-order valence-corrected chi connectivity index (χ1v) is 48.7. The van der Waals surface area contributed by atoms with Crippen molar-refractivity contribution < 1.29 is 52.8 Å². The maximum atomic E-state index is 11.6. The van der Waals surface area contributed by atoms with Crippen molar-refractivity contribution in [3.8, 4) is 17.2 Å². The van der Waals surface area contributed by atoms with E-state index >= 15 is 0 Å². The number of nitrogens with zero attached hydrogens (tertiary/aromatic N) is 13.